The zero-order valence-electron chi connectivity index (χ0n) is 17.0. The maximum Gasteiger partial charge on any atom is 0.180 e. The molecule has 28 heavy (non-hydrogen) atoms. The lowest BCUT2D eigenvalue weighted by Gasteiger charge is -2.07. The Balaban J connectivity index is 1.62. The first-order valence-corrected chi connectivity index (χ1v) is 10.3. The minimum atomic E-state index is 0.604. The van der Waals surface area contributed by atoms with Crippen LogP contribution in [0.5, 0.6) is 11.5 Å². The van der Waals surface area contributed by atoms with Crippen molar-refractivity contribution in [2.75, 3.05) is 19.5 Å². The quantitative estimate of drug-likeness (QED) is 0.341. The number of ether oxygens (including phenoxy) is 2. The van der Waals surface area contributed by atoms with Crippen molar-refractivity contribution < 1.29 is 9.47 Å². The molecule has 2 heterocycles. The van der Waals surface area contributed by atoms with Gasteiger partial charge >= 0.3 is 0 Å². The molecular formula is C23H31N3O2. The number of fused-ring (bicyclic) bond motifs is 1. The molecule has 0 aliphatic rings. The predicted octanol–water partition coefficient (Wildman–Crippen LogP) is 5.72. The summed E-state index contributed by atoms with van der Waals surface area (Å²) in [4.78, 5) is 4.77. The number of nitrogens with zero attached hydrogens (tertiary/aromatic N) is 2. The van der Waals surface area contributed by atoms with E-state index in [4.69, 9.17) is 20.2 Å². The average Bonchev–Trinajstić information content (AvgIpc) is 3.15. The van der Waals surface area contributed by atoms with E-state index in [1.807, 2.05) is 47.1 Å². The third-order valence-corrected chi connectivity index (χ3v) is 4.98. The summed E-state index contributed by atoms with van der Waals surface area (Å²) in [6, 6.07) is 9.69. The molecule has 0 atom stereocenters. The number of imidazole rings is 1. The SMILES string of the molecule is CCCCCCCCCOc1cccn2cc(-c3ccc(OC)c(N)c3)nc12. The first kappa shape index (κ1) is 20.1. The molecule has 150 valence electrons. The Morgan fingerprint density at radius 3 is 2.54 bits per heavy atom. The van der Waals surface area contributed by atoms with Gasteiger partial charge in [-0.2, -0.15) is 0 Å². The molecule has 0 fully saturated rings. The van der Waals surface area contributed by atoms with E-state index in [-0.39, 0.29) is 0 Å². The van der Waals surface area contributed by atoms with Crippen molar-refractivity contribution in [1.82, 2.24) is 9.38 Å². The fourth-order valence-electron chi connectivity index (χ4n) is 3.37. The molecule has 0 unspecified atom stereocenters. The molecule has 0 aliphatic heterocycles. The van der Waals surface area contributed by atoms with Crippen molar-refractivity contribution in [3.05, 3.63) is 42.7 Å². The van der Waals surface area contributed by atoms with Crippen LogP contribution in [0.2, 0.25) is 0 Å². The first-order chi connectivity index (χ1) is 13.7. The van der Waals surface area contributed by atoms with Gasteiger partial charge in [-0.15, -0.1) is 0 Å². The number of anilines is 1. The van der Waals surface area contributed by atoms with Gasteiger partial charge < -0.3 is 19.6 Å². The lowest BCUT2D eigenvalue weighted by molar-refractivity contribution is 0.306. The third kappa shape index (κ3) is 4.97. The standard InChI is InChI=1S/C23H31N3O2/c1-3-4-5-6-7-8-9-15-28-22-11-10-14-26-17-20(25-23(22)26)18-12-13-21(27-2)19(24)16-18/h10-14,16-17H,3-9,15,24H2,1-2H3. The van der Waals surface area contributed by atoms with Gasteiger partial charge in [0.15, 0.2) is 11.4 Å². The number of pyridine rings is 1. The van der Waals surface area contributed by atoms with Crippen molar-refractivity contribution in [2.45, 2.75) is 51.9 Å². The number of aromatic nitrogens is 2. The molecule has 0 bridgehead atoms. The van der Waals surface area contributed by atoms with Crippen molar-refractivity contribution >= 4 is 11.3 Å². The zero-order chi connectivity index (χ0) is 19.8. The smallest absolute Gasteiger partial charge is 0.180 e. The Morgan fingerprint density at radius 2 is 1.79 bits per heavy atom. The summed E-state index contributed by atoms with van der Waals surface area (Å²) in [6.45, 7) is 2.98. The molecule has 5 heteroatoms. The van der Waals surface area contributed by atoms with Crippen LogP contribution in [-0.4, -0.2) is 23.1 Å². The molecule has 0 aliphatic carbocycles. The van der Waals surface area contributed by atoms with Crippen molar-refractivity contribution in [3.63, 3.8) is 0 Å². The maximum absolute atomic E-state index is 6.04. The highest BCUT2D eigenvalue weighted by atomic mass is 16.5. The second kappa shape index (κ2) is 10.0. The van der Waals surface area contributed by atoms with Crippen LogP contribution in [0.3, 0.4) is 0 Å². The molecule has 2 N–H and O–H groups in total. The van der Waals surface area contributed by atoms with Gasteiger partial charge in [-0.05, 0) is 36.8 Å². The molecule has 5 nitrogen and oxygen atoms in total. The molecule has 0 spiro atoms. The van der Waals surface area contributed by atoms with Gasteiger partial charge in [0.1, 0.15) is 5.75 Å². The minimum Gasteiger partial charge on any atom is -0.495 e. The van der Waals surface area contributed by atoms with Gasteiger partial charge in [0.05, 0.1) is 25.1 Å². The van der Waals surface area contributed by atoms with E-state index in [9.17, 15) is 0 Å². The van der Waals surface area contributed by atoms with Crippen LogP contribution in [0.25, 0.3) is 16.9 Å². The van der Waals surface area contributed by atoms with Crippen molar-refractivity contribution in [2.24, 2.45) is 0 Å². The summed E-state index contributed by atoms with van der Waals surface area (Å²) in [5.41, 5.74) is 9.29. The van der Waals surface area contributed by atoms with Gasteiger partial charge in [-0.1, -0.05) is 45.4 Å². The second-order valence-corrected chi connectivity index (χ2v) is 7.16. The topological polar surface area (TPSA) is 61.8 Å². The monoisotopic (exact) mass is 381 g/mol. The Hall–Kier alpha value is -2.69. The number of rotatable bonds is 11. The molecule has 1 aromatic carbocycles. The molecule has 3 rings (SSSR count). The molecule has 3 aromatic rings. The predicted molar refractivity (Wildman–Crippen MR) is 115 cm³/mol. The molecule has 0 saturated carbocycles. The average molecular weight is 382 g/mol. The highest BCUT2D eigenvalue weighted by Crippen LogP contribution is 2.29. The van der Waals surface area contributed by atoms with Gasteiger partial charge in [0, 0.05) is 18.0 Å². The minimum absolute atomic E-state index is 0.604. The van der Waals surface area contributed by atoms with Crippen molar-refractivity contribution in [3.8, 4) is 22.8 Å². The summed E-state index contributed by atoms with van der Waals surface area (Å²) < 4.78 is 13.3. The molecular weight excluding hydrogens is 350 g/mol. The number of nitrogen functional groups attached to an aromatic ring is 1. The second-order valence-electron chi connectivity index (χ2n) is 7.16. The number of hydrogen-bond donors (Lipinski definition) is 1. The lowest BCUT2D eigenvalue weighted by atomic mass is 10.1. The zero-order valence-corrected chi connectivity index (χ0v) is 17.0. The summed E-state index contributed by atoms with van der Waals surface area (Å²) >= 11 is 0. The van der Waals surface area contributed by atoms with E-state index in [1.54, 1.807) is 7.11 Å². The molecule has 0 saturated heterocycles. The van der Waals surface area contributed by atoms with Crippen LogP contribution in [0.4, 0.5) is 5.69 Å². The number of hydrogen-bond acceptors (Lipinski definition) is 4. The fourth-order valence-corrected chi connectivity index (χ4v) is 3.37. The number of unbranched alkanes of at least 4 members (excludes halogenated alkanes) is 6. The number of benzene rings is 1. The van der Waals surface area contributed by atoms with Crippen molar-refractivity contribution in [1.29, 1.82) is 0 Å². The van der Waals surface area contributed by atoms with Gasteiger partial charge in [0.25, 0.3) is 0 Å². The van der Waals surface area contributed by atoms with E-state index >= 15 is 0 Å². The number of methoxy groups -OCH3 is 1. The normalized spacial score (nSPS) is 11.1. The Bertz CT molecular complexity index is 889. The number of nitrogens with two attached hydrogens (primary N) is 1. The lowest BCUT2D eigenvalue weighted by Crippen LogP contribution is -1.99. The van der Waals surface area contributed by atoms with Crippen LogP contribution in [0.1, 0.15) is 51.9 Å². The largest absolute Gasteiger partial charge is 0.495 e. The highest BCUT2D eigenvalue weighted by molar-refractivity contribution is 5.71. The van der Waals surface area contributed by atoms with Crippen LogP contribution in [0.15, 0.2) is 42.7 Å². The van der Waals surface area contributed by atoms with Gasteiger partial charge in [-0.3, -0.25) is 0 Å². The maximum atomic E-state index is 6.04. The van der Waals surface area contributed by atoms with Crippen LogP contribution in [0, 0.1) is 0 Å². The third-order valence-electron chi connectivity index (χ3n) is 4.98. The van der Waals surface area contributed by atoms with E-state index < -0.39 is 0 Å². The summed E-state index contributed by atoms with van der Waals surface area (Å²) in [5.74, 6) is 1.49. The Labute approximate surface area is 167 Å². The Morgan fingerprint density at radius 1 is 1.00 bits per heavy atom. The van der Waals surface area contributed by atoms with Crippen LogP contribution >= 0.6 is 0 Å². The molecule has 0 radical (unpaired) electrons. The van der Waals surface area contributed by atoms with Gasteiger partial charge in [-0.25, -0.2) is 4.98 Å². The van der Waals surface area contributed by atoms with Crippen LogP contribution < -0.4 is 15.2 Å². The summed E-state index contributed by atoms with van der Waals surface area (Å²) in [6.07, 6.45) is 12.9. The molecule has 2 aromatic heterocycles. The van der Waals surface area contributed by atoms with E-state index in [0.29, 0.717) is 11.4 Å². The summed E-state index contributed by atoms with van der Waals surface area (Å²) in [7, 11) is 1.62. The van der Waals surface area contributed by atoms with E-state index in [2.05, 4.69) is 6.92 Å². The van der Waals surface area contributed by atoms with E-state index in [1.165, 1.54) is 38.5 Å². The summed E-state index contributed by atoms with van der Waals surface area (Å²) in [5, 5.41) is 0. The molecule has 0 amide bonds. The van der Waals surface area contributed by atoms with Crippen LogP contribution in [-0.2, 0) is 0 Å². The highest BCUT2D eigenvalue weighted by Gasteiger charge is 2.10. The van der Waals surface area contributed by atoms with E-state index in [0.717, 1.165) is 35.7 Å². The Kier molecular flexibility index (Phi) is 7.18. The van der Waals surface area contributed by atoms with Gasteiger partial charge in [0.2, 0.25) is 0 Å². The first-order valence-electron chi connectivity index (χ1n) is 10.3. The fraction of sp³-hybridized carbons (Fsp3) is 0.435.